The standard InChI is InChI=1S/C17H26N2O2/c1-13-16(8-11-21-13)18-17-5-3-2-4-14(17)12-19-9-6-15(20)7-10-19/h2-5,13,15-16,18,20H,6-12H2,1H3. The summed E-state index contributed by atoms with van der Waals surface area (Å²) in [6.07, 6.45) is 3.03. The van der Waals surface area contributed by atoms with Gasteiger partial charge in [-0.3, -0.25) is 4.90 Å². The van der Waals surface area contributed by atoms with Crippen LogP contribution < -0.4 is 5.32 Å². The minimum Gasteiger partial charge on any atom is -0.393 e. The van der Waals surface area contributed by atoms with Crippen molar-refractivity contribution in [1.82, 2.24) is 4.90 Å². The molecule has 1 aromatic carbocycles. The molecule has 0 aliphatic carbocycles. The summed E-state index contributed by atoms with van der Waals surface area (Å²) in [6.45, 7) is 5.92. The Kier molecular flexibility index (Phi) is 4.78. The zero-order valence-electron chi connectivity index (χ0n) is 12.8. The predicted octanol–water partition coefficient (Wildman–Crippen LogP) is 2.23. The quantitative estimate of drug-likeness (QED) is 0.892. The number of nitrogens with one attached hydrogen (secondary N) is 1. The number of nitrogens with zero attached hydrogens (tertiary/aromatic N) is 1. The molecule has 2 aliphatic rings. The van der Waals surface area contributed by atoms with Crippen LogP contribution in [-0.2, 0) is 11.3 Å². The van der Waals surface area contributed by atoms with Crippen molar-refractivity contribution in [2.45, 2.75) is 51.0 Å². The number of piperidine rings is 1. The number of anilines is 1. The largest absolute Gasteiger partial charge is 0.393 e. The molecule has 2 aliphatic heterocycles. The summed E-state index contributed by atoms with van der Waals surface area (Å²) in [6, 6.07) is 8.97. The van der Waals surface area contributed by atoms with Crippen LogP contribution in [-0.4, -0.2) is 48.0 Å². The summed E-state index contributed by atoms with van der Waals surface area (Å²) in [5.41, 5.74) is 2.57. The Balaban J connectivity index is 1.64. The highest BCUT2D eigenvalue weighted by Gasteiger charge is 2.25. The molecule has 21 heavy (non-hydrogen) atoms. The smallest absolute Gasteiger partial charge is 0.0748 e. The van der Waals surface area contributed by atoms with Crippen molar-refractivity contribution in [2.75, 3.05) is 25.0 Å². The summed E-state index contributed by atoms with van der Waals surface area (Å²) in [7, 11) is 0. The first-order chi connectivity index (χ1) is 10.2. The normalized spacial score (nSPS) is 27.9. The lowest BCUT2D eigenvalue weighted by Gasteiger charge is -2.30. The average Bonchev–Trinajstić information content (AvgIpc) is 2.89. The van der Waals surface area contributed by atoms with Crippen molar-refractivity contribution >= 4 is 5.69 Å². The van der Waals surface area contributed by atoms with Gasteiger partial charge >= 0.3 is 0 Å². The Bertz CT molecular complexity index is 458. The van der Waals surface area contributed by atoms with Crippen molar-refractivity contribution in [3.8, 4) is 0 Å². The molecule has 4 nitrogen and oxygen atoms in total. The number of ether oxygens (including phenoxy) is 1. The summed E-state index contributed by atoms with van der Waals surface area (Å²) in [5.74, 6) is 0. The van der Waals surface area contributed by atoms with Crippen molar-refractivity contribution in [3.05, 3.63) is 29.8 Å². The molecule has 2 fully saturated rings. The van der Waals surface area contributed by atoms with Crippen LogP contribution in [0.25, 0.3) is 0 Å². The lowest BCUT2D eigenvalue weighted by atomic mass is 10.1. The summed E-state index contributed by atoms with van der Waals surface area (Å²) < 4.78 is 5.64. The Morgan fingerprint density at radius 1 is 1.24 bits per heavy atom. The van der Waals surface area contributed by atoms with Crippen LogP contribution in [0.15, 0.2) is 24.3 Å². The number of benzene rings is 1. The predicted molar refractivity (Wildman–Crippen MR) is 84.4 cm³/mol. The molecule has 0 aromatic heterocycles. The molecular formula is C17H26N2O2. The van der Waals surface area contributed by atoms with Crippen molar-refractivity contribution in [3.63, 3.8) is 0 Å². The van der Waals surface area contributed by atoms with Crippen LogP contribution in [0.1, 0.15) is 31.7 Å². The van der Waals surface area contributed by atoms with Crippen LogP contribution in [0.4, 0.5) is 5.69 Å². The SMILES string of the molecule is CC1OCCC1Nc1ccccc1CN1CCC(O)CC1. The first-order valence-corrected chi connectivity index (χ1v) is 8.09. The third kappa shape index (κ3) is 3.76. The number of aliphatic hydroxyl groups excluding tert-OH is 1. The van der Waals surface area contributed by atoms with Gasteiger partial charge < -0.3 is 15.2 Å². The Labute approximate surface area is 127 Å². The Hall–Kier alpha value is -1.10. The zero-order chi connectivity index (χ0) is 14.7. The molecule has 2 unspecified atom stereocenters. The van der Waals surface area contributed by atoms with Crippen molar-refractivity contribution in [1.29, 1.82) is 0 Å². The van der Waals surface area contributed by atoms with Gasteiger partial charge in [-0.15, -0.1) is 0 Å². The molecule has 2 heterocycles. The first kappa shape index (κ1) is 14.8. The van der Waals surface area contributed by atoms with Gasteiger partial charge in [0.05, 0.1) is 18.2 Å². The molecule has 3 rings (SSSR count). The third-order valence-electron chi connectivity index (χ3n) is 4.69. The van der Waals surface area contributed by atoms with E-state index < -0.39 is 0 Å². The lowest BCUT2D eigenvalue weighted by Crippen LogP contribution is -2.35. The van der Waals surface area contributed by atoms with E-state index in [-0.39, 0.29) is 12.2 Å². The third-order valence-corrected chi connectivity index (χ3v) is 4.69. The molecule has 0 radical (unpaired) electrons. The second-order valence-corrected chi connectivity index (χ2v) is 6.28. The minimum atomic E-state index is -0.105. The molecular weight excluding hydrogens is 264 g/mol. The Morgan fingerprint density at radius 3 is 2.71 bits per heavy atom. The van der Waals surface area contributed by atoms with Gasteiger partial charge in [-0.2, -0.15) is 0 Å². The Morgan fingerprint density at radius 2 is 2.00 bits per heavy atom. The highest BCUT2D eigenvalue weighted by atomic mass is 16.5. The van der Waals surface area contributed by atoms with E-state index in [0.29, 0.717) is 6.04 Å². The number of para-hydroxylation sites is 1. The van der Waals surface area contributed by atoms with Crippen LogP contribution in [0.5, 0.6) is 0 Å². The van der Waals surface area contributed by atoms with Crippen LogP contribution >= 0.6 is 0 Å². The first-order valence-electron chi connectivity index (χ1n) is 8.09. The molecule has 4 heteroatoms. The second-order valence-electron chi connectivity index (χ2n) is 6.28. The minimum absolute atomic E-state index is 0.105. The van der Waals surface area contributed by atoms with E-state index in [9.17, 15) is 5.11 Å². The van der Waals surface area contributed by atoms with E-state index in [4.69, 9.17) is 4.74 Å². The zero-order valence-corrected chi connectivity index (χ0v) is 12.8. The van der Waals surface area contributed by atoms with Crippen LogP contribution in [0.3, 0.4) is 0 Å². The van der Waals surface area contributed by atoms with E-state index in [2.05, 4.69) is 41.4 Å². The highest BCUT2D eigenvalue weighted by molar-refractivity contribution is 5.52. The summed E-state index contributed by atoms with van der Waals surface area (Å²) in [4.78, 5) is 2.43. The lowest BCUT2D eigenvalue weighted by molar-refractivity contribution is 0.0793. The number of rotatable bonds is 4. The summed E-state index contributed by atoms with van der Waals surface area (Å²) in [5, 5.41) is 13.3. The molecule has 2 saturated heterocycles. The van der Waals surface area contributed by atoms with Gasteiger partial charge in [0.2, 0.25) is 0 Å². The fourth-order valence-electron chi connectivity index (χ4n) is 3.24. The van der Waals surface area contributed by atoms with E-state index >= 15 is 0 Å². The molecule has 0 amide bonds. The highest BCUT2D eigenvalue weighted by Crippen LogP contribution is 2.24. The van der Waals surface area contributed by atoms with Gasteiger partial charge in [-0.05, 0) is 37.8 Å². The number of aliphatic hydroxyl groups is 1. The topological polar surface area (TPSA) is 44.7 Å². The fourth-order valence-corrected chi connectivity index (χ4v) is 3.24. The van der Waals surface area contributed by atoms with E-state index in [1.807, 2.05) is 0 Å². The number of hydrogen-bond donors (Lipinski definition) is 2. The molecule has 0 spiro atoms. The molecule has 0 saturated carbocycles. The molecule has 0 bridgehead atoms. The number of likely N-dealkylation sites (tertiary alicyclic amines) is 1. The van der Waals surface area contributed by atoms with Crippen LogP contribution in [0, 0.1) is 0 Å². The van der Waals surface area contributed by atoms with Gasteiger partial charge in [-0.1, -0.05) is 18.2 Å². The molecule has 2 N–H and O–H groups in total. The van der Waals surface area contributed by atoms with E-state index in [1.165, 1.54) is 11.3 Å². The van der Waals surface area contributed by atoms with Gasteiger partial charge in [-0.25, -0.2) is 0 Å². The van der Waals surface area contributed by atoms with E-state index in [1.54, 1.807) is 0 Å². The molecule has 1 aromatic rings. The van der Waals surface area contributed by atoms with Gasteiger partial charge in [0.25, 0.3) is 0 Å². The monoisotopic (exact) mass is 290 g/mol. The van der Waals surface area contributed by atoms with Gasteiger partial charge in [0.1, 0.15) is 0 Å². The molecule has 2 atom stereocenters. The van der Waals surface area contributed by atoms with E-state index in [0.717, 1.165) is 45.5 Å². The van der Waals surface area contributed by atoms with Crippen LogP contribution in [0.2, 0.25) is 0 Å². The summed E-state index contributed by atoms with van der Waals surface area (Å²) >= 11 is 0. The second kappa shape index (κ2) is 6.77. The maximum atomic E-state index is 9.61. The number of hydrogen-bond acceptors (Lipinski definition) is 4. The maximum Gasteiger partial charge on any atom is 0.0748 e. The maximum absolute atomic E-state index is 9.61. The fraction of sp³-hybridized carbons (Fsp3) is 0.647. The molecule has 116 valence electrons. The van der Waals surface area contributed by atoms with Crippen molar-refractivity contribution < 1.29 is 9.84 Å². The van der Waals surface area contributed by atoms with Gasteiger partial charge in [0.15, 0.2) is 0 Å². The average molecular weight is 290 g/mol. The van der Waals surface area contributed by atoms with Crippen molar-refractivity contribution in [2.24, 2.45) is 0 Å². The van der Waals surface area contributed by atoms with Gasteiger partial charge in [0, 0.05) is 31.9 Å².